The van der Waals surface area contributed by atoms with Crippen LogP contribution in [0.15, 0.2) is 48.5 Å². The first-order valence-corrected chi connectivity index (χ1v) is 12.8. The molecular formula is C27H34N4O9. The van der Waals surface area contributed by atoms with Gasteiger partial charge in [-0.3, -0.25) is 0 Å². The maximum Gasteiger partial charge on any atom is 0.415 e. The Bertz CT molecular complexity index is 1120. The van der Waals surface area contributed by atoms with E-state index in [9.17, 15) is 24.0 Å². The molecule has 4 amide bonds. The summed E-state index contributed by atoms with van der Waals surface area (Å²) in [5.41, 5.74) is 0.797. The highest BCUT2D eigenvalue weighted by Crippen LogP contribution is 2.14. The standard InChI is InChI=1S/C27H34N4O9/c1-3-14-28-25(34)38-21-10-6-19(7-11-21)18-37-24(33)30-16-5-17-31-27(36)40-23(32)20-8-12-22(13-9-20)39-26(35)29-15-4-2/h6-13H,3-5,14-18H2,1-2H3,(H,28,34)(H,29,35)(H,30,33)(H,31,36). The fourth-order valence-electron chi connectivity index (χ4n) is 2.90. The van der Waals surface area contributed by atoms with Crippen LogP contribution in [0.3, 0.4) is 0 Å². The number of carbonyl (C=O) groups is 5. The summed E-state index contributed by atoms with van der Waals surface area (Å²) in [5, 5.41) is 10.1. The molecule has 0 aliphatic heterocycles. The molecule has 0 heterocycles. The number of hydrogen-bond acceptors (Lipinski definition) is 9. The Morgan fingerprint density at radius 2 is 1.07 bits per heavy atom. The van der Waals surface area contributed by atoms with Crippen LogP contribution < -0.4 is 30.7 Å². The SMILES string of the molecule is CCCNC(=O)Oc1ccc(COC(=O)NCCCNC(=O)OC(=O)c2ccc(OC(=O)NCCC)cc2)cc1. The van der Waals surface area contributed by atoms with Crippen LogP contribution in [-0.4, -0.2) is 56.5 Å². The second-order valence-electron chi connectivity index (χ2n) is 8.26. The fourth-order valence-corrected chi connectivity index (χ4v) is 2.90. The largest absolute Gasteiger partial charge is 0.445 e. The van der Waals surface area contributed by atoms with Gasteiger partial charge in [-0.25, -0.2) is 24.0 Å². The Balaban J connectivity index is 1.58. The third-order valence-electron chi connectivity index (χ3n) is 4.92. The molecule has 216 valence electrons. The van der Waals surface area contributed by atoms with Crippen LogP contribution >= 0.6 is 0 Å². The highest BCUT2D eigenvalue weighted by Gasteiger charge is 2.13. The van der Waals surface area contributed by atoms with Crippen molar-refractivity contribution in [1.29, 1.82) is 0 Å². The van der Waals surface area contributed by atoms with Crippen LogP contribution in [0, 0.1) is 0 Å². The van der Waals surface area contributed by atoms with Gasteiger partial charge in [-0.1, -0.05) is 26.0 Å². The Morgan fingerprint density at radius 1 is 0.600 bits per heavy atom. The van der Waals surface area contributed by atoms with Gasteiger partial charge in [0.1, 0.15) is 18.1 Å². The molecule has 0 saturated carbocycles. The van der Waals surface area contributed by atoms with E-state index in [1.54, 1.807) is 24.3 Å². The number of rotatable bonds is 13. The molecule has 13 nitrogen and oxygen atoms in total. The third kappa shape index (κ3) is 12.6. The minimum atomic E-state index is -0.942. The van der Waals surface area contributed by atoms with Crippen molar-refractivity contribution in [3.05, 3.63) is 59.7 Å². The summed E-state index contributed by atoms with van der Waals surface area (Å²) in [7, 11) is 0. The lowest BCUT2D eigenvalue weighted by Crippen LogP contribution is -2.31. The number of benzene rings is 2. The summed E-state index contributed by atoms with van der Waals surface area (Å²) in [6, 6.07) is 12.1. The van der Waals surface area contributed by atoms with E-state index in [-0.39, 0.29) is 31.0 Å². The summed E-state index contributed by atoms with van der Waals surface area (Å²) >= 11 is 0. The van der Waals surface area contributed by atoms with Crippen molar-refractivity contribution in [2.24, 2.45) is 0 Å². The lowest BCUT2D eigenvalue weighted by atomic mass is 10.2. The predicted octanol–water partition coefficient (Wildman–Crippen LogP) is 3.87. The van der Waals surface area contributed by atoms with Crippen molar-refractivity contribution >= 4 is 30.3 Å². The quantitative estimate of drug-likeness (QED) is 0.162. The molecule has 0 aromatic heterocycles. The van der Waals surface area contributed by atoms with Crippen molar-refractivity contribution < 1.29 is 42.9 Å². The number of ether oxygens (including phenoxy) is 4. The normalized spacial score (nSPS) is 10.1. The lowest BCUT2D eigenvalue weighted by molar-refractivity contribution is 0.0622. The van der Waals surface area contributed by atoms with E-state index < -0.39 is 30.3 Å². The van der Waals surface area contributed by atoms with Crippen molar-refractivity contribution in [2.45, 2.75) is 39.7 Å². The van der Waals surface area contributed by atoms with E-state index in [2.05, 4.69) is 21.3 Å². The average Bonchev–Trinajstić information content (AvgIpc) is 2.94. The molecule has 13 heteroatoms. The topological polar surface area (TPSA) is 170 Å². The van der Waals surface area contributed by atoms with Gasteiger partial charge in [0.25, 0.3) is 0 Å². The molecule has 0 fully saturated rings. The molecule has 0 bridgehead atoms. The first kappa shape index (κ1) is 31.4. The molecule has 2 aromatic carbocycles. The third-order valence-corrected chi connectivity index (χ3v) is 4.92. The van der Waals surface area contributed by atoms with E-state index in [1.807, 2.05) is 13.8 Å². The van der Waals surface area contributed by atoms with Gasteiger partial charge in [0.15, 0.2) is 0 Å². The van der Waals surface area contributed by atoms with Crippen molar-refractivity contribution in [3.8, 4) is 11.5 Å². The Hall–Kier alpha value is -4.81. The number of hydrogen-bond donors (Lipinski definition) is 4. The van der Waals surface area contributed by atoms with Crippen LogP contribution in [0.1, 0.15) is 49.0 Å². The smallest absolute Gasteiger partial charge is 0.415 e. The lowest BCUT2D eigenvalue weighted by Gasteiger charge is -2.09. The summed E-state index contributed by atoms with van der Waals surface area (Å²) < 4.78 is 20.0. The molecule has 4 N–H and O–H groups in total. The monoisotopic (exact) mass is 558 g/mol. The number of amides is 4. The molecule has 0 unspecified atom stereocenters. The summed E-state index contributed by atoms with van der Waals surface area (Å²) in [6.07, 6.45) is -0.808. The minimum absolute atomic E-state index is 0.0139. The molecule has 2 rings (SSSR count). The summed E-state index contributed by atoms with van der Waals surface area (Å²) in [4.78, 5) is 58.9. The number of carbonyl (C=O) groups excluding carboxylic acids is 5. The predicted molar refractivity (Wildman–Crippen MR) is 143 cm³/mol. The van der Waals surface area contributed by atoms with Gasteiger partial charge in [0.05, 0.1) is 5.56 Å². The van der Waals surface area contributed by atoms with E-state index in [4.69, 9.17) is 18.9 Å². The van der Waals surface area contributed by atoms with E-state index in [0.29, 0.717) is 30.8 Å². The van der Waals surface area contributed by atoms with Crippen molar-refractivity contribution in [3.63, 3.8) is 0 Å². The number of alkyl carbamates (subject to hydrolysis) is 2. The van der Waals surface area contributed by atoms with E-state index >= 15 is 0 Å². The van der Waals surface area contributed by atoms with Crippen LogP contribution in [0.25, 0.3) is 0 Å². The number of nitrogens with one attached hydrogen (secondary N) is 4. The molecule has 2 aromatic rings. The Labute approximate surface area is 231 Å². The molecule has 0 atom stereocenters. The Kier molecular flexibility index (Phi) is 13.9. The first-order valence-electron chi connectivity index (χ1n) is 12.8. The maximum atomic E-state index is 12.1. The first-order chi connectivity index (χ1) is 19.3. The second kappa shape index (κ2) is 17.7. The number of esters is 1. The molecule has 40 heavy (non-hydrogen) atoms. The van der Waals surface area contributed by atoms with Gasteiger partial charge in [0, 0.05) is 26.2 Å². The zero-order chi connectivity index (χ0) is 29.2. The maximum absolute atomic E-state index is 12.1. The molecule has 0 radical (unpaired) electrons. The highest BCUT2D eigenvalue weighted by molar-refractivity contribution is 5.96. The van der Waals surface area contributed by atoms with Gasteiger partial charge in [-0.2, -0.15) is 0 Å². The van der Waals surface area contributed by atoms with Crippen LogP contribution in [-0.2, 0) is 16.1 Å². The van der Waals surface area contributed by atoms with E-state index in [1.165, 1.54) is 24.3 Å². The van der Waals surface area contributed by atoms with Crippen LogP contribution in [0.2, 0.25) is 0 Å². The fraction of sp³-hybridized carbons (Fsp3) is 0.370. The highest BCUT2D eigenvalue weighted by atomic mass is 16.6. The van der Waals surface area contributed by atoms with Gasteiger partial charge < -0.3 is 40.2 Å². The molecular weight excluding hydrogens is 524 g/mol. The average molecular weight is 559 g/mol. The van der Waals surface area contributed by atoms with Gasteiger partial charge in [0.2, 0.25) is 0 Å². The molecule has 0 aliphatic rings. The van der Waals surface area contributed by atoms with E-state index in [0.717, 1.165) is 12.8 Å². The minimum Gasteiger partial charge on any atom is -0.445 e. The van der Waals surface area contributed by atoms with Gasteiger partial charge in [-0.05, 0) is 61.2 Å². The molecule has 0 spiro atoms. The van der Waals surface area contributed by atoms with Crippen LogP contribution in [0.5, 0.6) is 11.5 Å². The molecule has 0 aliphatic carbocycles. The summed E-state index contributed by atoms with van der Waals surface area (Å²) in [6.45, 7) is 5.20. The zero-order valence-electron chi connectivity index (χ0n) is 22.4. The Morgan fingerprint density at radius 3 is 1.60 bits per heavy atom. The zero-order valence-corrected chi connectivity index (χ0v) is 22.4. The van der Waals surface area contributed by atoms with Crippen molar-refractivity contribution in [2.75, 3.05) is 26.2 Å². The molecule has 0 saturated heterocycles. The summed E-state index contributed by atoms with van der Waals surface area (Å²) in [5.74, 6) is -0.275. The van der Waals surface area contributed by atoms with Gasteiger partial charge in [-0.15, -0.1) is 0 Å². The van der Waals surface area contributed by atoms with Crippen LogP contribution in [0.4, 0.5) is 19.2 Å². The van der Waals surface area contributed by atoms with Crippen molar-refractivity contribution in [1.82, 2.24) is 21.3 Å². The van der Waals surface area contributed by atoms with Gasteiger partial charge >= 0.3 is 30.3 Å². The second-order valence-corrected chi connectivity index (χ2v) is 8.26.